The van der Waals surface area contributed by atoms with E-state index in [0.29, 0.717) is 11.5 Å². The number of rotatable bonds is 8. The van der Waals surface area contributed by atoms with E-state index < -0.39 is 0 Å². The van der Waals surface area contributed by atoms with Crippen LogP contribution in [0.15, 0.2) is 42.5 Å². The molecule has 2 aromatic carbocycles. The van der Waals surface area contributed by atoms with Crippen LogP contribution in [0.3, 0.4) is 0 Å². The lowest BCUT2D eigenvalue weighted by Crippen LogP contribution is -2.22. The van der Waals surface area contributed by atoms with Gasteiger partial charge in [0, 0.05) is 12.1 Å². The topological polar surface area (TPSA) is 50.7 Å². The Hall–Kier alpha value is -2.11. The van der Waals surface area contributed by atoms with Gasteiger partial charge in [-0.1, -0.05) is 18.2 Å². The number of nitrogens with one attached hydrogen (secondary N) is 1. The number of methoxy groups -OCH3 is 1. The zero-order chi connectivity index (χ0) is 17.5. The van der Waals surface area contributed by atoms with Crippen LogP contribution in [0.5, 0.6) is 11.5 Å². The van der Waals surface area contributed by atoms with Crippen molar-refractivity contribution in [2.45, 2.75) is 25.9 Å². The predicted octanol–water partition coefficient (Wildman–Crippen LogP) is 3.62. The van der Waals surface area contributed by atoms with Crippen LogP contribution >= 0.6 is 0 Å². The molecule has 0 bridgehead atoms. The molecule has 0 aliphatic carbocycles. The highest BCUT2D eigenvalue weighted by atomic mass is 19.1. The first-order valence-corrected chi connectivity index (χ1v) is 7.98. The van der Waals surface area contributed by atoms with E-state index in [9.17, 15) is 4.39 Å². The first-order valence-electron chi connectivity index (χ1n) is 7.98. The summed E-state index contributed by atoms with van der Waals surface area (Å²) in [5, 5.41) is 12.3. The van der Waals surface area contributed by atoms with Crippen molar-refractivity contribution in [3.63, 3.8) is 0 Å². The van der Waals surface area contributed by atoms with Crippen LogP contribution in [0.2, 0.25) is 0 Å². The minimum absolute atomic E-state index is 0.0436. The van der Waals surface area contributed by atoms with E-state index in [4.69, 9.17) is 14.6 Å². The maximum absolute atomic E-state index is 13.0. The number of benzene rings is 2. The Bertz CT molecular complexity index is 646. The van der Waals surface area contributed by atoms with Crippen molar-refractivity contribution in [2.75, 3.05) is 20.3 Å². The van der Waals surface area contributed by atoms with Crippen LogP contribution in [-0.4, -0.2) is 25.4 Å². The van der Waals surface area contributed by atoms with Gasteiger partial charge in [-0.15, -0.1) is 0 Å². The molecule has 0 spiro atoms. The van der Waals surface area contributed by atoms with Crippen LogP contribution < -0.4 is 14.8 Å². The molecular weight excluding hydrogens is 309 g/mol. The van der Waals surface area contributed by atoms with Gasteiger partial charge in [0.1, 0.15) is 12.4 Å². The van der Waals surface area contributed by atoms with Gasteiger partial charge in [-0.2, -0.15) is 0 Å². The summed E-state index contributed by atoms with van der Waals surface area (Å²) in [6, 6.07) is 12.4. The summed E-state index contributed by atoms with van der Waals surface area (Å²) in [5.74, 6) is 1.00. The fraction of sp³-hybridized carbons (Fsp3) is 0.368. The average molecular weight is 333 g/mol. The molecule has 0 saturated heterocycles. The smallest absolute Gasteiger partial charge is 0.161 e. The number of halogens is 1. The largest absolute Gasteiger partial charge is 0.493 e. The lowest BCUT2D eigenvalue weighted by atomic mass is 10.0. The van der Waals surface area contributed by atoms with Gasteiger partial charge in [0.2, 0.25) is 0 Å². The number of ether oxygens (including phenoxy) is 2. The van der Waals surface area contributed by atoms with E-state index in [2.05, 4.69) is 12.2 Å². The molecule has 24 heavy (non-hydrogen) atoms. The zero-order valence-corrected chi connectivity index (χ0v) is 14.3. The van der Waals surface area contributed by atoms with Gasteiger partial charge in [0.25, 0.3) is 0 Å². The third-order valence-corrected chi connectivity index (χ3v) is 3.91. The fourth-order valence-corrected chi connectivity index (χ4v) is 2.55. The molecule has 0 aliphatic rings. The molecule has 0 radical (unpaired) electrons. The summed E-state index contributed by atoms with van der Waals surface area (Å²) in [6.07, 6.45) is 0. The molecule has 0 aromatic heterocycles. The molecule has 2 atom stereocenters. The first-order chi connectivity index (χ1) is 11.5. The predicted molar refractivity (Wildman–Crippen MR) is 91.9 cm³/mol. The van der Waals surface area contributed by atoms with Gasteiger partial charge in [-0.05, 0) is 49.2 Å². The third kappa shape index (κ3) is 4.69. The summed E-state index contributed by atoms with van der Waals surface area (Å²) in [7, 11) is 1.59. The SMILES string of the molecule is COc1cc(C(C)NC(C)c2ccc(F)cc2)ccc1OCCO. The molecule has 2 unspecified atom stereocenters. The highest BCUT2D eigenvalue weighted by Crippen LogP contribution is 2.31. The molecule has 0 heterocycles. The average Bonchev–Trinajstić information content (AvgIpc) is 2.60. The molecule has 130 valence electrons. The molecule has 0 saturated carbocycles. The molecule has 2 aromatic rings. The molecule has 5 heteroatoms. The first kappa shape index (κ1) is 18.2. The Balaban J connectivity index is 2.08. The van der Waals surface area contributed by atoms with Crippen molar-refractivity contribution in [1.82, 2.24) is 5.32 Å². The third-order valence-electron chi connectivity index (χ3n) is 3.91. The standard InChI is InChI=1S/C19H24FNO3/c1-13(15-4-7-17(20)8-5-15)21-14(2)16-6-9-18(24-11-10-22)19(12-16)23-3/h4-9,12-14,21-22H,10-11H2,1-3H3. The number of aliphatic hydroxyl groups excluding tert-OH is 1. The molecule has 0 amide bonds. The molecule has 4 nitrogen and oxygen atoms in total. The van der Waals surface area contributed by atoms with E-state index in [0.717, 1.165) is 11.1 Å². The minimum atomic E-state index is -0.234. The summed E-state index contributed by atoms with van der Waals surface area (Å²) >= 11 is 0. The Morgan fingerprint density at radius 2 is 1.62 bits per heavy atom. The second-order valence-electron chi connectivity index (χ2n) is 5.64. The van der Waals surface area contributed by atoms with Gasteiger partial charge < -0.3 is 19.9 Å². The summed E-state index contributed by atoms with van der Waals surface area (Å²) in [6.45, 7) is 4.28. The second kappa shape index (κ2) is 8.66. The molecule has 0 aliphatic heterocycles. The van der Waals surface area contributed by atoms with E-state index in [1.54, 1.807) is 19.2 Å². The maximum atomic E-state index is 13.0. The van der Waals surface area contributed by atoms with Gasteiger partial charge in [-0.3, -0.25) is 0 Å². The summed E-state index contributed by atoms with van der Waals surface area (Å²) in [5.41, 5.74) is 2.08. The van der Waals surface area contributed by atoms with Crippen molar-refractivity contribution in [3.8, 4) is 11.5 Å². The summed E-state index contributed by atoms with van der Waals surface area (Å²) < 4.78 is 23.8. The van der Waals surface area contributed by atoms with Crippen LogP contribution in [0.25, 0.3) is 0 Å². The van der Waals surface area contributed by atoms with Gasteiger partial charge >= 0.3 is 0 Å². The normalized spacial score (nSPS) is 13.4. The van der Waals surface area contributed by atoms with Crippen LogP contribution in [0.1, 0.15) is 37.1 Å². The monoisotopic (exact) mass is 333 g/mol. The van der Waals surface area contributed by atoms with Gasteiger partial charge in [0.15, 0.2) is 11.5 Å². The van der Waals surface area contributed by atoms with Crippen molar-refractivity contribution in [2.24, 2.45) is 0 Å². The lowest BCUT2D eigenvalue weighted by Gasteiger charge is -2.22. The molecular formula is C19H24FNO3. The Morgan fingerprint density at radius 3 is 2.25 bits per heavy atom. The maximum Gasteiger partial charge on any atom is 0.161 e. The van der Waals surface area contributed by atoms with Crippen molar-refractivity contribution in [1.29, 1.82) is 0 Å². The van der Waals surface area contributed by atoms with Crippen molar-refractivity contribution in [3.05, 3.63) is 59.4 Å². The van der Waals surface area contributed by atoms with E-state index >= 15 is 0 Å². The van der Waals surface area contributed by atoms with Gasteiger partial charge in [-0.25, -0.2) is 4.39 Å². The minimum Gasteiger partial charge on any atom is -0.493 e. The van der Waals surface area contributed by atoms with Crippen LogP contribution in [0, 0.1) is 5.82 Å². The van der Waals surface area contributed by atoms with E-state index in [-0.39, 0.29) is 31.1 Å². The Labute approximate surface area is 142 Å². The van der Waals surface area contributed by atoms with Crippen molar-refractivity contribution < 1.29 is 19.0 Å². The highest BCUT2D eigenvalue weighted by Gasteiger charge is 2.14. The van der Waals surface area contributed by atoms with E-state index in [1.165, 1.54) is 12.1 Å². The molecule has 2 N–H and O–H groups in total. The number of aliphatic hydroxyl groups is 1. The van der Waals surface area contributed by atoms with Crippen LogP contribution in [-0.2, 0) is 0 Å². The molecule has 0 fully saturated rings. The van der Waals surface area contributed by atoms with E-state index in [1.807, 2.05) is 25.1 Å². The quantitative estimate of drug-likeness (QED) is 0.775. The number of hydrogen-bond donors (Lipinski definition) is 2. The van der Waals surface area contributed by atoms with Crippen LogP contribution in [0.4, 0.5) is 4.39 Å². The summed E-state index contributed by atoms with van der Waals surface area (Å²) in [4.78, 5) is 0. The lowest BCUT2D eigenvalue weighted by molar-refractivity contribution is 0.196. The molecule has 2 rings (SSSR count). The fourth-order valence-electron chi connectivity index (χ4n) is 2.55. The Kier molecular flexibility index (Phi) is 6.58. The second-order valence-corrected chi connectivity index (χ2v) is 5.64. The van der Waals surface area contributed by atoms with Gasteiger partial charge in [0.05, 0.1) is 13.7 Å². The zero-order valence-electron chi connectivity index (χ0n) is 14.3. The highest BCUT2D eigenvalue weighted by molar-refractivity contribution is 5.43. The number of hydrogen-bond acceptors (Lipinski definition) is 4. The Morgan fingerprint density at radius 1 is 1.00 bits per heavy atom. The van der Waals surface area contributed by atoms with Crippen molar-refractivity contribution >= 4 is 0 Å².